The summed E-state index contributed by atoms with van der Waals surface area (Å²) in [6, 6.07) is 9.86. The number of aryl methyl sites for hydroxylation is 1. The molecular formula is C19H25N3O3. The predicted octanol–water partition coefficient (Wildman–Crippen LogP) is 2.15. The van der Waals surface area contributed by atoms with Crippen LogP contribution in [0.25, 0.3) is 0 Å². The van der Waals surface area contributed by atoms with Crippen molar-refractivity contribution in [3.63, 3.8) is 0 Å². The SMILES string of the molecule is COc1ccc(C[C@H]2CN(C(=O)c3ccnn3C)CC[C@H]2OC)cc1. The van der Waals surface area contributed by atoms with Gasteiger partial charge in [-0.25, -0.2) is 0 Å². The van der Waals surface area contributed by atoms with Crippen molar-refractivity contribution in [1.29, 1.82) is 0 Å². The molecule has 2 atom stereocenters. The van der Waals surface area contributed by atoms with E-state index >= 15 is 0 Å². The van der Waals surface area contributed by atoms with Crippen LogP contribution in [0.2, 0.25) is 0 Å². The monoisotopic (exact) mass is 343 g/mol. The molecule has 6 nitrogen and oxygen atoms in total. The molecule has 0 saturated carbocycles. The third kappa shape index (κ3) is 3.85. The molecule has 1 aliphatic rings. The van der Waals surface area contributed by atoms with E-state index in [9.17, 15) is 4.79 Å². The van der Waals surface area contributed by atoms with Gasteiger partial charge in [-0.05, 0) is 36.6 Å². The van der Waals surface area contributed by atoms with Gasteiger partial charge in [-0.1, -0.05) is 12.1 Å². The molecule has 25 heavy (non-hydrogen) atoms. The highest BCUT2D eigenvalue weighted by molar-refractivity contribution is 5.92. The number of rotatable bonds is 5. The second kappa shape index (κ2) is 7.70. The summed E-state index contributed by atoms with van der Waals surface area (Å²) >= 11 is 0. The highest BCUT2D eigenvalue weighted by atomic mass is 16.5. The smallest absolute Gasteiger partial charge is 0.272 e. The van der Waals surface area contributed by atoms with Crippen molar-refractivity contribution in [2.24, 2.45) is 13.0 Å². The Kier molecular flexibility index (Phi) is 5.38. The van der Waals surface area contributed by atoms with Crippen LogP contribution in [0.3, 0.4) is 0 Å². The summed E-state index contributed by atoms with van der Waals surface area (Å²) < 4.78 is 12.5. The molecule has 6 heteroatoms. The second-order valence-corrected chi connectivity index (χ2v) is 6.47. The summed E-state index contributed by atoms with van der Waals surface area (Å²) in [7, 11) is 5.22. The van der Waals surface area contributed by atoms with E-state index in [-0.39, 0.29) is 17.9 Å². The minimum absolute atomic E-state index is 0.0364. The first kappa shape index (κ1) is 17.5. The first-order chi connectivity index (χ1) is 12.1. The normalized spacial score (nSPS) is 20.5. The zero-order valence-electron chi connectivity index (χ0n) is 15.0. The molecule has 2 aromatic rings. The van der Waals surface area contributed by atoms with Crippen LogP contribution in [0.15, 0.2) is 36.5 Å². The number of hydrogen-bond donors (Lipinski definition) is 0. The van der Waals surface area contributed by atoms with E-state index in [0.29, 0.717) is 18.8 Å². The zero-order valence-corrected chi connectivity index (χ0v) is 15.0. The first-order valence-corrected chi connectivity index (χ1v) is 8.55. The van der Waals surface area contributed by atoms with Crippen molar-refractivity contribution in [3.05, 3.63) is 47.8 Å². The Morgan fingerprint density at radius 2 is 2.00 bits per heavy atom. The fourth-order valence-electron chi connectivity index (χ4n) is 3.51. The Bertz CT molecular complexity index is 711. The lowest BCUT2D eigenvalue weighted by atomic mass is 9.88. The largest absolute Gasteiger partial charge is 0.497 e. The lowest BCUT2D eigenvalue weighted by molar-refractivity contribution is -0.00331. The van der Waals surface area contributed by atoms with E-state index < -0.39 is 0 Å². The Morgan fingerprint density at radius 1 is 1.24 bits per heavy atom. The van der Waals surface area contributed by atoms with E-state index in [2.05, 4.69) is 17.2 Å². The molecule has 3 rings (SSSR count). The van der Waals surface area contributed by atoms with E-state index in [1.165, 1.54) is 5.56 Å². The minimum Gasteiger partial charge on any atom is -0.497 e. The lowest BCUT2D eigenvalue weighted by Gasteiger charge is -2.38. The molecule has 0 unspecified atom stereocenters. The van der Waals surface area contributed by atoms with Gasteiger partial charge in [0, 0.05) is 39.4 Å². The fraction of sp³-hybridized carbons (Fsp3) is 0.474. The summed E-state index contributed by atoms with van der Waals surface area (Å²) in [6.07, 6.45) is 3.54. The van der Waals surface area contributed by atoms with Crippen LogP contribution < -0.4 is 4.74 Å². The van der Waals surface area contributed by atoms with Crippen LogP contribution in [-0.2, 0) is 18.2 Å². The lowest BCUT2D eigenvalue weighted by Crippen LogP contribution is -2.47. The molecule has 0 bridgehead atoms. The number of methoxy groups -OCH3 is 2. The standard InChI is InChI=1S/C19H25N3O3/c1-21-17(8-10-20-21)19(23)22-11-9-18(25-3)15(13-22)12-14-4-6-16(24-2)7-5-14/h4-8,10,15,18H,9,11-13H2,1-3H3/t15-,18+/m0/s1. The molecule has 1 aliphatic heterocycles. The number of amides is 1. The van der Waals surface area contributed by atoms with Crippen molar-refractivity contribution < 1.29 is 14.3 Å². The predicted molar refractivity (Wildman–Crippen MR) is 94.7 cm³/mol. The summed E-state index contributed by atoms with van der Waals surface area (Å²) in [4.78, 5) is 14.7. The third-order valence-electron chi connectivity index (χ3n) is 4.95. The van der Waals surface area contributed by atoms with Gasteiger partial charge in [0.05, 0.1) is 13.2 Å². The maximum absolute atomic E-state index is 12.8. The van der Waals surface area contributed by atoms with Crippen molar-refractivity contribution in [1.82, 2.24) is 14.7 Å². The molecule has 1 amide bonds. The van der Waals surface area contributed by atoms with Gasteiger partial charge in [-0.3, -0.25) is 9.48 Å². The Balaban J connectivity index is 1.71. The molecular weight excluding hydrogens is 318 g/mol. The molecule has 134 valence electrons. The van der Waals surface area contributed by atoms with Gasteiger partial charge < -0.3 is 14.4 Å². The number of piperidine rings is 1. The van der Waals surface area contributed by atoms with Gasteiger partial charge in [0.2, 0.25) is 0 Å². The molecule has 0 aliphatic carbocycles. The maximum atomic E-state index is 12.8. The zero-order chi connectivity index (χ0) is 17.8. The summed E-state index contributed by atoms with van der Waals surface area (Å²) in [5.41, 5.74) is 1.85. The molecule has 2 heterocycles. The highest BCUT2D eigenvalue weighted by Gasteiger charge is 2.32. The molecule has 0 radical (unpaired) electrons. The number of likely N-dealkylation sites (tertiary alicyclic amines) is 1. The maximum Gasteiger partial charge on any atom is 0.272 e. The van der Waals surface area contributed by atoms with Crippen molar-refractivity contribution >= 4 is 5.91 Å². The number of hydrogen-bond acceptors (Lipinski definition) is 4. The van der Waals surface area contributed by atoms with E-state index in [4.69, 9.17) is 9.47 Å². The number of nitrogens with zero attached hydrogens (tertiary/aromatic N) is 3. The fourth-order valence-corrected chi connectivity index (χ4v) is 3.51. The van der Waals surface area contributed by atoms with E-state index in [0.717, 1.165) is 18.6 Å². The van der Waals surface area contributed by atoms with Crippen LogP contribution >= 0.6 is 0 Å². The third-order valence-corrected chi connectivity index (χ3v) is 4.95. The minimum atomic E-state index is 0.0364. The summed E-state index contributed by atoms with van der Waals surface area (Å²) in [5, 5.41) is 4.10. The Morgan fingerprint density at radius 3 is 2.60 bits per heavy atom. The van der Waals surface area contributed by atoms with Gasteiger partial charge in [0.25, 0.3) is 5.91 Å². The topological polar surface area (TPSA) is 56.6 Å². The summed E-state index contributed by atoms with van der Waals surface area (Å²) in [5.74, 6) is 1.15. The first-order valence-electron chi connectivity index (χ1n) is 8.55. The molecule has 1 fully saturated rings. The number of carbonyl (C=O) groups is 1. The van der Waals surface area contributed by atoms with Crippen molar-refractivity contribution in [2.75, 3.05) is 27.3 Å². The van der Waals surface area contributed by atoms with Gasteiger partial charge >= 0.3 is 0 Å². The van der Waals surface area contributed by atoms with Gasteiger partial charge in [-0.15, -0.1) is 0 Å². The number of ether oxygens (including phenoxy) is 2. The van der Waals surface area contributed by atoms with Crippen LogP contribution in [0, 0.1) is 5.92 Å². The van der Waals surface area contributed by atoms with Crippen LogP contribution in [0.5, 0.6) is 5.75 Å². The second-order valence-electron chi connectivity index (χ2n) is 6.47. The average Bonchev–Trinajstić information content (AvgIpc) is 3.07. The van der Waals surface area contributed by atoms with Gasteiger partial charge in [0.1, 0.15) is 11.4 Å². The number of benzene rings is 1. The molecule has 1 aromatic heterocycles. The van der Waals surface area contributed by atoms with Crippen molar-refractivity contribution in [3.8, 4) is 5.75 Å². The average molecular weight is 343 g/mol. The molecule has 0 N–H and O–H groups in total. The highest BCUT2D eigenvalue weighted by Crippen LogP contribution is 2.25. The van der Waals surface area contributed by atoms with Crippen LogP contribution in [0.4, 0.5) is 0 Å². The number of carbonyl (C=O) groups excluding carboxylic acids is 1. The molecule has 1 aromatic carbocycles. The Labute approximate surface area is 148 Å². The number of aromatic nitrogens is 2. The Hall–Kier alpha value is -2.34. The van der Waals surface area contributed by atoms with Crippen LogP contribution in [-0.4, -0.2) is 54.0 Å². The van der Waals surface area contributed by atoms with Gasteiger partial charge in [0.15, 0.2) is 0 Å². The molecule has 1 saturated heterocycles. The quantitative estimate of drug-likeness (QED) is 0.835. The van der Waals surface area contributed by atoms with Gasteiger partial charge in [-0.2, -0.15) is 5.10 Å². The van der Waals surface area contributed by atoms with E-state index in [1.807, 2.05) is 17.0 Å². The summed E-state index contributed by atoms with van der Waals surface area (Å²) in [6.45, 7) is 1.40. The van der Waals surface area contributed by atoms with Crippen molar-refractivity contribution in [2.45, 2.75) is 18.9 Å². The van der Waals surface area contributed by atoms with E-state index in [1.54, 1.807) is 38.2 Å². The van der Waals surface area contributed by atoms with Crippen LogP contribution in [0.1, 0.15) is 22.5 Å². The molecule has 0 spiro atoms.